The quantitative estimate of drug-likeness (QED) is 0.913. The lowest BCUT2D eigenvalue weighted by atomic mass is 10.1. The summed E-state index contributed by atoms with van der Waals surface area (Å²) in [5, 5.41) is 0. The number of methoxy groups -OCH3 is 2. The number of nitrogens with two attached hydrogens (primary N) is 1. The van der Waals surface area contributed by atoms with Crippen molar-refractivity contribution in [2.24, 2.45) is 0 Å². The third-order valence-electron chi connectivity index (χ3n) is 2.34. The lowest BCUT2D eigenvalue weighted by molar-refractivity contribution is 0.404. The predicted octanol–water partition coefficient (Wildman–Crippen LogP) is 2.44. The summed E-state index contributed by atoms with van der Waals surface area (Å²) < 4.78 is 11.2. The maximum Gasteiger partial charge on any atom is 0.198 e. The number of rotatable bonds is 3. The van der Waals surface area contributed by atoms with Crippen molar-refractivity contribution in [1.82, 2.24) is 9.97 Å². The van der Waals surface area contributed by atoms with E-state index in [2.05, 4.69) is 25.9 Å². The van der Waals surface area contributed by atoms with E-state index in [0.29, 0.717) is 22.0 Å². The van der Waals surface area contributed by atoms with Gasteiger partial charge in [-0.1, -0.05) is 0 Å². The van der Waals surface area contributed by atoms with E-state index in [-0.39, 0.29) is 0 Å². The molecule has 0 amide bonds. The molecule has 0 bridgehead atoms. The number of benzene rings is 1. The van der Waals surface area contributed by atoms with Crippen LogP contribution in [-0.4, -0.2) is 24.2 Å². The van der Waals surface area contributed by atoms with Gasteiger partial charge in [0.2, 0.25) is 0 Å². The largest absolute Gasteiger partial charge is 0.497 e. The Morgan fingerprint density at radius 2 is 2.06 bits per heavy atom. The number of H-pyrrole nitrogens is 1. The zero-order valence-corrected chi connectivity index (χ0v) is 11.0. The highest BCUT2D eigenvalue weighted by atomic mass is 79.9. The fourth-order valence-corrected chi connectivity index (χ4v) is 2.05. The Labute approximate surface area is 107 Å². The second-order valence-electron chi connectivity index (χ2n) is 3.35. The number of nitrogens with one attached hydrogen (secondary N) is 1. The van der Waals surface area contributed by atoms with Crippen molar-refractivity contribution in [2.75, 3.05) is 20.0 Å². The Balaban J connectivity index is 2.59. The molecule has 0 saturated heterocycles. The van der Waals surface area contributed by atoms with E-state index in [1.807, 2.05) is 18.2 Å². The van der Waals surface area contributed by atoms with Crippen LogP contribution in [0.3, 0.4) is 0 Å². The van der Waals surface area contributed by atoms with E-state index in [1.54, 1.807) is 14.2 Å². The summed E-state index contributed by atoms with van der Waals surface area (Å²) in [5.74, 6) is 1.78. The third kappa shape index (κ3) is 2.21. The number of aromatic amines is 1. The number of nitrogen functional groups attached to an aromatic ring is 1. The molecule has 0 fully saturated rings. The highest BCUT2D eigenvalue weighted by molar-refractivity contribution is 9.10. The average Bonchev–Trinajstić information content (AvgIpc) is 2.67. The SMILES string of the molecule is COc1ccc(OC)c(-c2nc(N)[nH]c2Br)c1. The number of ether oxygens (including phenoxy) is 2. The number of anilines is 1. The van der Waals surface area contributed by atoms with Crippen molar-refractivity contribution >= 4 is 21.9 Å². The van der Waals surface area contributed by atoms with Crippen LogP contribution < -0.4 is 15.2 Å². The van der Waals surface area contributed by atoms with Crippen molar-refractivity contribution in [3.05, 3.63) is 22.8 Å². The van der Waals surface area contributed by atoms with Crippen LogP contribution >= 0.6 is 15.9 Å². The van der Waals surface area contributed by atoms with Gasteiger partial charge in [0.05, 0.1) is 14.2 Å². The van der Waals surface area contributed by atoms with Crippen molar-refractivity contribution < 1.29 is 9.47 Å². The number of hydrogen-bond donors (Lipinski definition) is 2. The minimum atomic E-state index is 0.344. The van der Waals surface area contributed by atoms with E-state index >= 15 is 0 Å². The first-order valence-electron chi connectivity index (χ1n) is 4.89. The Bertz CT molecular complexity index is 540. The van der Waals surface area contributed by atoms with E-state index in [1.165, 1.54) is 0 Å². The zero-order chi connectivity index (χ0) is 12.4. The van der Waals surface area contributed by atoms with Crippen LogP contribution in [0.1, 0.15) is 0 Å². The molecule has 5 nitrogen and oxygen atoms in total. The standard InChI is InChI=1S/C11H12BrN3O2/c1-16-6-3-4-8(17-2)7(5-6)9-10(12)15-11(13)14-9/h3-5H,1-2H3,(H3,13,14,15). The van der Waals surface area contributed by atoms with E-state index in [4.69, 9.17) is 15.2 Å². The maximum atomic E-state index is 5.61. The van der Waals surface area contributed by atoms with Crippen LogP contribution in [0.2, 0.25) is 0 Å². The van der Waals surface area contributed by atoms with Crippen LogP contribution in [0, 0.1) is 0 Å². The predicted molar refractivity (Wildman–Crippen MR) is 69.2 cm³/mol. The van der Waals surface area contributed by atoms with Crippen LogP contribution in [0.4, 0.5) is 5.95 Å². The number of imidazole rings is 1. The van der Waals surface area contributed by atoms with E-state index < -0.39 is 0 Å². The first-order valence-corrected chi connectivity index (χ1v) is 5.68. The minimum absolute atomic E-state index is 0.344. The van der Waals surface area contributed by atoms with E-state index in [0.717, 1.165) is 11.3 Å². The molecule has 0 aliphatic rings. The first kappa shape index (κ1) is 11.8. The molecule has 1 aromatic carbocycles. The molecule has 17 heavy (non-hydrogen) atoms. The van der Waals surface area contributed by atoms with Crippen LogP contribution in [0.25, 0.3) is 11.3 Å². The van der Waals surface area contributed by atoms with Crippen molar-refractivity contribution in [1.29, 1.82) is 0 Å². The highest BCUT2D eigenvalue weighted by Crippen LogP contribution is 2.36. The molecule has 0 aliphatic heterocycles. The van der Waals surface area contributed by atoms with Crippen molar-refractivity contribution in [3.8, 4) is 22.8 Å². The normalized spacial score (nSPS) is 10.3. The number of aromatic nitrogens is 2. The average molecular weight is 298 g/mol. The lowest BCUT2D eigenvalue weighted by Gasteiger charge is -2.08. The maximum absolute atomic E-state index is 5.61. The molecule has 1 heterocycles. The van der Waals surface area contributed by atoms with Crippen molar-refractivity contribution in [2.45, 2.75) is 0 Å². The molecule has 2 rings (SSSR count). The van der Waals surface area contributed by atoms with Crippen LogP contribution in [-0.2, 0) is 0 Å². The fraction of sp³-hybridized carbons (Fsp3) is 0.182. The van der Waals surface area contributed by atoms with Gasteiger partial charge in [-0.15, -0.1) is 0 Å². The Kier molecular flexibility index (Phi) is 3.23. The summed E-state index contributed by atoms with van der Waals surface area (Å²) in [4.78, 5) is 7.09. The molecular weight excluding hydrogens is 286 g/mol. The fourth-order valence-electron chi connectivity index (χ4n) is 1.55. The smallest absolute Gasteiger partial charge is 0.198 e. The number of halogens is 1. The molecular formula is C11H12BrN3O2. The summed E-state index contributed by atoms with van der Waals surface area (Å²) in [6.07, 6.45) is 0. The molecule has 0 radical (unpaired) electrons. The van der Waals surface area contributed by atoms with Gasteiger partial charge < -0.3 is 20.2 Å². The Morgan fingerprint density at radius 3 is 2.59 bits per heavy atom. The Hall–Kier alpha value is -1.69. The molecule has 1 aromatic heterocycles. The summed E-state index contributed by atoms with van der Waals surface area (Å²) >= 11 is 3.37. The van der Waals surface area contributed by atoms with Gasteiger partial charge in [-0.2, -0.15) is 0 Å². The zero-order valence-electron chi connectivity index (χ0n) is 9.45. The third-order valence-corrected chi connectivity index (χ3v) is 2.91. The van der Waals surface area contributed by atoms with Crippen molar-refractivity contribution in [3.63, 3.8) is 0 Å². The van der Waals surface area contributed by atoms with Gasteiger partial charge in [0.25, 0.3) is 0 Å². The molecule has 90 valence electrons. The molecule has 0 spiro atoms. The first-order chi connectivity index (χ1) is 8.15. The van der Waals surface area contributed by atoms with Crippen LogP contribution in [0.5, 0.6) is 11.5 Å². The molecule has 3 N–H and O–H groups in total. The van der Waals surface area contributed by atoms with Gasteiger partial charge in [-0.25, -0.2) is 4.98 Å². The summed E-state index contributed by atoms with van der Waals surface area (Å²) in [6.45, 7) is 0. The monoisotopic (exact) mass is 297 g/mol. The Morgan fingerprint density at radius 1 is 1.29 bits per heavy atom. The molecule has 6 heteroatoms. The molecule has 0 unspecified atom stereocenters. The van der Waals surface area contributed by atoms with Gasteiger partial charge in [0, 0.05) is 5.56 Å². The molecule has 2 aromatic rings. The minimum Gasteiger partial charge on any atom is -0.497 e. The van der Waals surface area contributed by atoms with Gasteiger partial charge in [0.15, 0.2) is 5.95 Å². The van der Waals surface area contributed by atoms with E-state index in [9.17, 15) is 0 Å². The summed E-state index contributed by atoms with van der Waals surface area (Å²) in [7, 11) is 3.22. The summed E-state index contributed by atoms with van der Waals surface area (Å²) in [5.41, 5.74) is 7.11. The van der Waals surface area contributed by atoms with Gasteiger partial charge >= 0.3 is 0 Å². The topological polar surface area (TPSA) is 73.2 Å². The second-order valence-corrected chi connectivity index (χ2v) is 4.14. The molecule has 0 saturated carbocycles. The number of hydrogen-bond acceptors (Lipinski definition) is 4. The van der Waals surface area contributed by atoms with Gasteiger partial charge in [-0.05, 0) is 34.1 Å². The molecule has 0 aliphatic carbocycles. The van der Waals surface area contributed by atoms with Gasteiger partial charge in [-0.3, -0.25) is 0 Å². The summed E-state index contributed by atoms with van der Waals surface area (Å²) in [6, 6.07) is 5.50. The van der Waals surface area contributed by atoms with Crippen LogP contribution in [0.15, 0.2) is 22.8 Å². The lowest BCUT2D eigenvalue weighted by Crippen LogP contribution is -1.91. The van der Waals surface area contributed by atoms with Gasteiger partial charge in [0.1, 0.15) is 21.8 Å². The highest BCUT2D eigenvalue weighted by Gasteiger charge is 2.14. The molecule has 0 atom stereocenters. The number of nitrogens with zero attached hydrogens (tertiary/aromatic N) is 1. The second kappa shape index (κ2) is 4.67.